The lowest BCUT2D eigenvalue weighted by molar-refractivity contribution is -0.111. The summed E-state index contributed by atoms with van der Waals surface area (Å²) in [6.07, 6.45) is 5.91. The lowest BCUT2D eigenvalue weighted by Gasteiger charge is -2.15. The van der Waals surface area contributed by atoms with Crippen molar-refractivity contribution >= 4 is 44.8 Å². The van der Waals surface area contributed by atoms with E-state index in [4.69, 9.17) is 5.14 Å². The predicted molar refractivity (Wildman–Crippen MR) is 134 cm³/mol. The molecule has 0 fully saturated rings. The van der Waals surface area contributed by atoms with Gasteiger partial charge in [-0.2, -0.15) is 10.1 Å². The van der Waals surface area contributed by atoms with E-state index in [-0.39, 0.29) is 22.3 Å². The maximum atomic E-state index is 14.7. The zero-order valence-corrected chi connectivity index (χ0v) is 19.8. The molecular formula is C23H21FN8O3S. The Kier molecular flexibility index (Phi) is 6.76. The Bertz CT molecular complexity index is 1550. The van der Waals surface area contributed by atoms with Crippen LogP contribution in [0.4, 0.5) is 33.2 Å². The lowest BCUT2D eigenvalue weighted by Crippen LogP contribution is -2.11. The van der Waals surface area contributed by atoms with E-state index >= 15 is 0 Å². The van der Waals surface area contributed by atoms with E-state index < -0.39 is 21.7 Å². The smallest absolute Gasteiger partial charge is 0.247 e. The Balaban J connectivity index is 1.75. The summed E-state index contributed by atoms with van der Waals surface area (Å²) in [7, 11) is -2.12. The number of aryl methyl sites for hydroxylation is 1. The van der Waals surface area contributed by atoms with Crippen LogP contribution < -0.4 is 21.1 Å². The summed E-state index contributed by atoms with van der Waals surface area (Å²) >= 11 is 0. The highest BCUT2D eigenvalue weighted by molar-refractivity contribution is 7.89. The molecule has 2 heterocycles. The fourth-order valence-electron chi connectivity index (χ4n) is 3.21. The van der Waals surface area contributed by atoms with Gasteiger partial charge in [0.15, 0.2) is 0 Å². The summed E-state index contributed by atoms with van der Waals surface area (Å²) in [6.45, 7) is 3.40. The van der Waals surface area contributed by atoms with Crippen LogP contribution in [0.3, 0.4) is 0 Å². The van der Waals surface area contributed by atoms with Crippen LogP contribution in [0.1, 0.15) is 0 Å². The third kappa shape index (κ3) is 5.71. The Morgan fingerprint density at radius 3 is 2.50 bits per heavy atom. The number of carbonyl (C=O) groups excluding carboxylic acids is 1. The van der Waals surface area contributed by atoms with Crippen LogP contribution in [-0.4, -0.2) is 34.1 Å². The van der Waals surface area contributed by atoms with E-state index in [1.807, 2.05) is 0 Å². The number of rotatable bonds is 8. The van der Waals surface area contributed by atoms with Gasteiger partial charge >= 0.3 is 0 Å². The molecule has 0 radical (unpaired) electrons. The number of sulfonamides is 1. The van der Waals surface area contributed by atoms with Crippen molar-refractivity contribution in [3.63, 3.8) is 0 Å². The molecule has 0 aliphatic heterocycles. The molecule has 2 aromatic heterocycles. The molecule has 4 rings (SSSR count). The normalized spacial score (nSPS) is 11.1. The monoisotopic (exact) mass is 508 g/mol. The van der Waals surface area contributed by atoms with E-state index in [9.17, 15) is 17.6 Å². The molecule has 0 spiro atoms. The van der Waals surface area contributed by atoms with E-state index in [2.05, 4.69) is 37.6 Å². The fourth-order valence-corrected chi connectivity index (χ4v) is 3.72. The molecule has 4 aromatic rings. The number of anilines is 5. The second kappa shape index (κ2) is 9.93. The molecule has 0 saturated carbocycles. The van der Waals surface area contributed by atoms with Crippen LogP contribution in [-0.2, 0) is 21.9 Å². The van der Waals surface area contributed by atoms with Gasteiger partial charge in [-0.1, -0.05) is 18.7 Å². The highest BCUT2D eigenvalue weighted by Gasteiger charge is 2.15. The second-order valence-electron chi connectivity index (χ2n) is 7.57. The van der Waals surface area contributed by atoms with E-state index in [1.54, 1.807) is 24.1 Å². The number of nitrogens with zero attached hydrogens (tertiary/aromatic N) is 4. The van der Waals surface area contributed by atoms with Gasteiger partial charge in [0, 0.05) is 30.7 Å². The van der Waals surface area contributed by atoms with E-state index in [0.29, 0.717) is 22.5 Å². The molecular weight excluding hydrogens is 487 g/mol. The van der Waals surface area contributed by atoms with Gasteiger partial charge in [-0.15, -0.1) is 0 Å². The first-order valence-corrected chi connectivity index (χ1v) is 11.9. The minimum absolute atomic E-state index is 0.0327. The fraction of sp³-hybridized carbons (Fsp3) is 0.0435. The summed E-state index contributed by atoms with van der Waals surface area (Å²) in [4.78, 5) is 20.4. The van der Waals surface area contributed by atoms with Crippen molar-refractivity contribution in [2.75, 3.05) is 16.0 Å². The first-order valence-electron chi connectivity index (χ1n) is 10.4. The van der Waals surface area contributed by atoms with Gasteiger partial charge in [0.2, 0.25) is 21.9 Å². The van der Waals surface area contributed by atoms with Crippen LogP contribution in [0.25, 0.3) is 11.1 Å². The Labute approximate surface area is 205 Å². The Morgan fingerprint density at radius 1 is 1.11 bits per heavy atom. The third-order valence-corrected chi connectivity index (χ3v) is 5.85. The number of primary sulfonamides is 1. The number of halogens is 1. The number of hydrogen-bond donors (Lipinski definition) is 4. The Hall–Kier alpha value is -4.62. The number of aromatic nitrogens is 4. The molecule has 184 valence electrons. The molecule has 0 bridgehead atoms. The second-order valence-corrected chi connectivity index (χ2v) is 9.13. The first kappa shape index (κ1) is 24.5. The SMILES string of the molecule is C=CC(=O)Nc1ccc(F)c(Nc2nc(Nc3cnn(C)c3)ncc2-c2ccc(S(N)(=O)=O)cc2)c1. The number of amides is 1. The molecule has 1 amide bonds. The van der Waals surface area contributed by atoms with Gasteiger partial charge in [0.25, 0.3) is 0 Å². The summed E-state index contributed by atoms with van der Waals surface area (Å²) in [5.41, 5.74) is 2.01. The van der Waals surface area contributed by atoms with Crippen molar-refractivity contribution < 1.29 is 17.6 Å². The molecule has 0 saturated heterocycles. The van der Waals surface area contributed by atoms with Gasteiger partial charge in [-0.05, 0) is 42.0 Å². The van der Waals surface area contributed by atoms with Crippen molar-refractivity contribution in [3.05, 3.63) is 79.5 Å². The number of benzene rings is 2. The first-order chi connectivity index (χ1) is 17.1. The van der Waals surface area contributed by atoms with Crippen LogP contribution in [0, 0.1) is 5.82 Å². The molecule has 36 heavy (non-hydrogen) atoms. The molecule has 0 unspecified atom stereocenters. The zero-order valence-electron chi connectivity index (χ0n) is 18.9. The third-order valence-electron chi connectivity index (χ3n) is 4.92. The van der Waals surface area contributed by atoms with Crippen molar-refractivity contribution in [2.45, 2.75) is 4.90 Å². The molecule has 0 atom stereocenters. The molecule has 11 nitrogen and oxygen atoms in total. The lowest BCUT2D eigenvalue weighted by atomic mass is 10.1. The summed E-state index contributed by atoms with van der Waals surface area (Å²) in [5, 5.41) is 17.8. The summed E-state index contributed by atoms with van der Waals surface area (Å²) in [5.74, 6) is -0.631. The van der Waals surface area contributed by atoms with Crippen molar-refractivity contribution in [1.82, 2.24) is 19.7 Å². The van der Waals surface area contributed by atoms with Crippen molar-refractivity contribution in [1.29, 1.82) is 0 Å². The molecule has 0 aliphatic carbocycles. The molecule has 5 N–H and O–H groups in total. The molecule has 0 aliphatic rings. The van der Waals surface area contributed by atoms with Gasteiger partial charge < -0.3 is 16.0 Å². The van der Waals surface area contributed by atoms with E-state index in [1.165, 1.54) is 48.7 Å². The zero-order chi connectivity index (χ0) is 25.9. The maximum Gasteiger partial charge on any atom is 0.247 e. The average Bonchev–Trinajstić information content (AvgIpc) is 3.25. The van der Waals surface area contributed by atoms with Gasteiger partial charge in [-0.25, -0.2) is 22.9 Å². The van der Waals surface area contributed by atoms with Crippen LogP contribution in [0.5, 0.6) is 0 Å². The predicted octanol–water partition coefficient (Wildman–Crippen LogP) is 3.28. The standard InChI is InChI=1S/C23H21FN8O3S/c1-3-21(33)28-15-6-9-19(24)20(10-15)30-22-18(14-4-7-17(8-5-14)36(25,34)35)12-26-23(31-22)29-16-11-27-32(2)13-16/h3-13H,1H2,2H3,(H,28,33)(H2,25,34,35)(H2,26,29,30,31). The number of nitrogens with one attached hydrogen (secondary N) is 3. The highest BCUT2D eigenvalue weighted by Crippen LogP contribution is 2.32. The summed E-state index contributed by atoms with van der Waals surface area (Å²) in [6, 6.07) is 9.77. The minimum atomic E-state index is -3.88. The number of nitrogens with two attached hydrogens (primary N) is 1. The minimum Gasteiger partial charge on any atom is -0.337 e. The highest BCUT2D eigenvalue weighted by atomic mass is 32.2. The Morgan fingerprint density at radius 2 is 1.86 bits per heavy atom. The quantitative estimate of drug-likeness (QED) is 0.264. The van der Waals surface area contributed by atoms with Crippen LogP contribution in [0.15, 0.2) is 78.6 Å². The van der Waals surface area contributed by atoms with E-state index in [0.717, 1.165) is 6.08 Å². The van der Waals surface area contributed by atoms with Crippen molar-refractivity contribution in [2.24, 2.45) is 12.2 Å². The summed E-state index contributed by atoms with van der Waals surface area (Å²) < 4.78 is 39.5. The molecule has 13 heteroatoms. The topological polar surface area (TPSA) is 157 Å². The van der Waals surface area contributed by atoms with Gasteiger partial charge in [0.1, 0.15) is 11.6 Å². The van der Waals surface area contributed by atoms with Gasteiger partial charge in [0.05, 0.1) is 22.5 Å². The van der Waals surface area contributed by atoms with Crippen LogP contribution in [0.2, 0.25) is 0 Å². The number of carbonyl (C=O) groups is 1. The van der Waals surface area contributed by atoms with Gasteiger partial charge in [-0.3, -0.25) is 9.48 Å². The molecule has 2 aromatic carbocycles. The largest absolute Gasteiger partial charge is 0.337 e. The van der Waals surface area contributed by atoms with Crippen molar-refractivity contribution in [3.8, 4) is 11.1 Å². The maximum absolute atomic E-state index is 14.7. The number of hydrogen-bond acceptors (Lipinski definition) is 8. The average molecular weight is 509 g/mol. The van der Waals surface area contributed by atoms with Crippen LogP contribution >= 0.6 is 0 Å².